The Balaban J connectivity index is 0.00000225. The van der Waals surface area contributed by atoms with E-state index < -0.39 is 7.26 Å². The van der Waals surface area contributed by atoms with Crippen molar-refractivity contribution >= 4 is 23.2 Å². The Morgan fingerprint density at radius 1 is 0.500 bits per heavy atom. The first-order valence-electron chi connectivity index (χ1n) is 9.12. The lowest BCUT2D eigenvalue weighted by Gasteiger charge is -2.27. The van der Waals surface area contributed by atoms with Gasteiger partial charge in [-0.05, 0) is 54.1 Å². The lowest BCUT2D eigenvalue weighted by atomic mass is 10.2. The van der Waals surface area contributed by atoms with Crippen LogP contribution in [0.4, 0.5) is 0 Å². The normalized spacial score (nSPS) is 10.9. The predicted octanol–water partition coefficient (Wildman–Crippen LogP) is 1.89. The van der Waals surface area contributed by atoms with Crippen molar-refractivity contribution in [2.75, 3.05) is 0 Å². The highest BCUT2D eigenvalue weighted by Gasteiger charge is 2.45. The molecule has 0 radical (unpaired) electrons. The highest BCUT2D eigenvalue weighted by atomic mass is 127. The van der Waals surface area contributed by atoms with Crippen LogP contribution in [0.3, 0.4) is 0 Å². The Bertz CT molecular complexity index is 890. The minimum absolute atomic E-state index is 0. The van der Waals surface area contributed by atoms with E-state index in [-0.39, 0.29) is 24.0 Å². The number of rotatable bonds is 5. The van der Waals surface area contributed by atoms with Gasteiger partial charge in [0.2, 0.25) is 0 Å². The van der Waals surface area contributed by atoms with Gasteiger partial charge in [-0.25, -0.2) is 0 Å². The van der Waals surface area contributed by atoms with E-state index in [1.807, 2.05) is 12.1 Å². The quantitative estimate of drug-likeness (QED) is 0.331. The van der Waals surface area contributed by atoms with Crippen LogP contribution in [0, 0.1) is 0 Å². The maximum Gasteiger partial charge on any atom is 0.116 e. The van der Waals surface area contributed by atoms with Crippen LogP contribution < -0.4 is 39.9 Å². The number of phenols is 1. The van der Waals surface area contributed by atoms with Crippen molar-refractivity contribution < 1.29 is 29.1 Å². The number of hydrogen-bond acceptors (Lipinski definition) is 1. The average Bonchev–Trinajstić information content (AvgIpc) is 2.75. The summed E-state index contributed by atoms with van der Waals surface area (Å²) in [5.41, 5.74) is 1.23. The van der Waals surface area contributed by atoms with Crippen molar-refractivity contribution in [2.45, 2.75) is 6.16 Å². The maximum absolute atomic E-state index is 9.72. The molecular weight excluding hydrogens is 474 g/mol. The molecule has 0 aliphatic carbocycles. The van der Waals surface area contributed by atoms with Gasteiger partial charge in [0.25, 0.3) is 0 Å². The summed E-state index contributed by atoms with van der Waals surface area (Å²) in [4.78, 5) is 0. The first-order chi connectivity index (χ1) is 13.3. The van der Waals surface area contributed by atoms with Gasteiger partial charge < -0.3 is 29.1 Å². The van der Waals surface area contributed by atoms with Crippen LogP contribution in [0.1, 0.15) is 5.56 Å². The summed E-state index contributed by atoms with van der Waals surface area (Å²) in [5, 5.41) is 13.8. The Hall–Kier alpha value is -2.16. The second kappa shape index (κ2) is 9.36. The van der Waals surface area contributed by atoms with Gasteiger partial charge in [0.1, 0.15) is 28.9 Å². The van der Waals surface area contributed by atoms with E-state index in [4.69, 9.17) is 0 Å². The molecule has 0 unspecified atom stereocenters. The van der Waals surface area contributed by atoms with Crippen LogP contribution in [0.5, 0.6) is 5.75 Å². The summed E-state index contributed by atoms with van der Waals surface area (Å²) in [7, 11) is -1.87. The Morgan fingerprint density at radius 3 is 1.21 bits per heavy atom. The molecule has 0 fully saturated rings. The van der Waals surface area contributed by atoms with Crippen LogP contribution in [0.25, 0.3) is 0 Å². The summed E-state index contributed by atoms with van der Waals surface area (Å²) in [5.74, 6) is 0.307. The number of halogens is 1. The van der Waals surface area contributed by atoms with Crippen LogP contribution in [0.2, 0.25) is 0 Å². The van der Waals surface area contributed by atoms with E-state index in [1.54, 1.807) is 12.1 Å². The van der Waals surface area contributed by atoms with E-state index in [0.29, 0.717) is 5.75 Å². The number of phenolic OH excluding ortho intramolecular Hbond substituents is 1. The third kappa shape index (κ3) is 4.14. The summed E-state index contributed by atoms with van der Waals surface area (Å²) < 4.78 is 0. The summed E-state index contributed by atoms with van der Waals surface area (Å²) in [6, 6.07) is 40.2. The van der Waals surface area contributed by atoms with Crippen LogP contribution in [0.15, 0.2) is 115 Å². The largest absolute Gasteiger partial charge is 1.00 e. The summed E-state index contributed by atoms with van der Waals surface area (Å²) in [6.45, 7) is 0. The zero-order chi connectivity index (χ0) is 18.5. The van der Waals surface area contributed by atoms with E-state index in [0.717, 1.165) is 6.16 Å². The molecule has 1 nitrogen and oxygen atoms in total. The molecule has 4 aromatic rings. The molecule has 0 aromatic heterocycles. The monoisotopic (exact) mass is 496 g/mol. The fourth-order valence-electron chi connectivity index (χ4n) is 3.64. The molecule has 0 bridgehead atoms. The molecular formula is C25H22IOP. The maximum atomic E-state index is 9.72. The molecule has 28 heavy (non-hydrogen) atoms. The van der Waals surface area contributed by atoms with E-state index in [9.17, 15) is 5.11 Å². The highest BCUT2D eigenvalue weighted by Crippen LogP contribution is 2.58. The van der Waals surface area contributed by atoms with Gasteiger partial charge in [-0.15, -0.1) is 0 Å². The standard InChI is InChI=1S/C25H21OP.HI/c26-22-18-16-21(17-19-22)20-27(23-10-4-1-5-11-23,24-12-6-2-7-13-24)25-14-8-3-9-15-25;/h1-19H,20H2;1H. The van der Waals surface area contributed by atoms with Gasteiger partial charge in [0, 0.05) is 0 Å². The van der Waals surface area contributed by atoms with E-state index >= 15 is 0 Å². The van der Waals surface area contributed by atoms with Gasteiger partial charge in [0.15, 0.2) is 0 Å². The molecule has 0 aliphatic rings. The Labute approximate surface area is 184 Å². The molecule has 0 saturated carbocycles. The molecule has 0 heterocycles. The van der Waals surface area contributed by atoms with Crippen molar-refractivity contribution in [1.82, 2.24) is 0 Å². The lowest BCUT2D eigenvalue weighted by Crippen LogP contribution is -3.00. The molecule has 0 spiro atoms. The molecule has 1 N–H and O–H groups in total. The molecule has 0 aliphatic heterocycles. The number of benzene rings is 4. The van der Waals surface area contributed by atoms with Gasteiger partial charge in [-0.3, -0.25) is 0 Å². The second-order valence-electron chi connectivity index (χ2n) is 6.64. The minimum atomic E-state index is -1.87. The van der Waals surface area contributed by atoms with E-state index in [2.05, 4.69) is 91.0 Å². The van der Waals surface area contributed by atoms with Crippen molar-refractivity contribution in [3.63, 3.8) is 0 Å². The minimum Gasteiger partial charge on any atom is -1.00 e. The smallest absolute Gasteiger partial charge is 0.116 e. The molecule has 140 valence electrons. The first-order valence-corrected chi connectivity index (χ1v) is 11.1. The van der Waals surface area contributed by atoms with Crippen LogP contribution in [-0.2, 0) is 6.16 Å². The van der Waals surface area contributed by atoms with Crippen LogP contribution >= 0.6 is 7.26 Å². The van der Waals surface area contributed by atoms with Crippen LogP contribution in [-0.4, -0.2) is 5.11 Å². The second-order valence-corrected chi connectivity index (χ2v) is 10.1. The fraction of sp³-hybridized carbons (Fsp3) is 0.0400. The molecule has 3 heteroatoms. The predicted molar refractivity (Wildman–Crippen MR) is 117 cm³/mol. The lowest BCUT2D eigenvalue weighted by molar-refractivity contribution is -0.00000628. The molecule has 4 rings (SSSR count). The molecule has 4 aromatic carbocycles. The first kappa shape index (κ1) is 20.6. The number of aromatic hydroxyl groups is 1. The van der Waals surface area contributed by atoms with Crippen molar-refractivity contribution in [2.24, 2.45) is 0 Å². The van der Waals surface area contributed by atoms with E-state index in [1.165, 1.54) is 21.5 Å². The van der Waals surface area contributed by atoms with Gasteiger partial charge in [-0.1, -0.05) is 66.7 Å². The van der Waals surface area contributed by atoms with Crippen molar-refractivity contribution in [3.05, 3.63) is 121 Å². The zero-order valence-electron chi connectivity index (χ0n) is 15.4. The SMILES string of the molecule is Oc1ccc(C[P+](c2ccccc2)(c2ccccc2)c2ccccc2)cc1.[I-]. The molecule has 0 amide bonds. The topological polar surface area (TPSA) is 20.2 Å². The third-order valence-corrected chi connectivity index (χ3v) is 9.33. The molecule has 0 atom stereocenters. The highest BCUT2D eigenvalue weighted by molar-refractivity contribution is 7.95. The fourth-order valence-corrected chi connectivity index (χ4v) is 7.89. The van der Waals surface area contributed by atoms with Crippen molar-refractivity contribution in [1.29, 1.82) is 0 Å². The molecule has 0 saturated heterocycles. The summed E-state index contributed by atoms with van der Waals surface area (Å²) >= 11 is 0. The van der Waals surface area contributed by atoms with Gasteiger partial charge >= 0.3 is 0 Å². The Morgan fingerprint density at radius 2 is 0.857 bits per heavy atom. The van der Waals surface area contributed by atoms with Crippen molar-refractivity contribution in [3.8, 4) is 5.75 Å². The average molecular weight is 496 g/mol. The Kier molecular flexibility index (Phi) is 6.88. The number of hydrogen-bond donors (Lipinski definition) is 1. The summed E-state index contributed by atoms with van der Waals surface area (Å²) in [6.07, 6.45) is 0.922. The third-order valence-electron chi connectivity index (χ3n) is 4.95. The van der Waals surface area contributed by atoms with Gasteiger partial charge in [-0.2, -0.15) is 0 Å². The van der Waals surface area contributed by atoms with Gasteiger partial charge in [0.05, 0.1) is 6.16 Å². The zero-order valence-corrected chi connectivity index (χ0v) is 18.5.